The number of rotatable bonds is 4. The summed E-state index contributed by atoms with van der Waals surface area (Å²) in [6.45, 7) is 6.31. The molecule has 0 aromatic heterocycles. The molecule has 11 heavy (non-hydrogen) atoms. The number of carbonyl (C=O) groups is 2. The van der Waals surface area contributed by atoms with Gasteiger partial charge in [-0.25, -0.2) is 0 Å². The van der Waals surface area contributed by atoms with Gasteiger partial charge >= 0.3 is 0 Å². The zero-order chi connectivity index (χ0) is 8.15. The van der Waals surface area contributed by atoms with Crippen LogP contribution in [0.1, 0.15) is 20.3 Å². The van der Waals surface area contributed by atoms with E-state index < -0.39 is 5.92 Å². The number of hydrogen-bond donors (Lipinski definition) is 0. The Kier molecular flexibility index (Phi) is 9.00. The molecule has 0 N–H and O–H groups in total. The van der Waals surface area contributed by atoms with Gasteiger partial charge in [-0.2, -0.15) is 0 Å². The molecule has 0 atom stereocenters. The van der Waals surface area contributed by atoms with Gasteiger partial charge in [0.15, 0.2) is 0 Å². The molecule has 0 radical (unpaired) electrons. The van der Waals surface area contributed by atoms with Crippen molar-refractivity contribution in [1.29, 1.82) is 0 Å². The molecule has 0 aliphatic heterocycles. The molecule has 0 saturated carbocycles. The minimum Gasteiger partial charge on any atom is -0.299 e. The average molecular weight is 291 g/mol. The number of Topliss-reactive ketones (excluding diaryl/α,β-unsaturated/α-hetero) is 2. The molecule has 0 spiro atoms. The number of hydrogen-bond acceptors (Lipinski definition) is 2. The van der Waals surface area contributed by atoms with E-state index in [0.29, 0.717) is 6.42 Å². The molecule has 0 aliphatic rings. The van der Waals surface area contributed by atoms with E-state index in [-0.39, 0.29) is 52.0 Å². The molecule has 0 aromatic rings. The van der Waals surface area contributed by atoms with E-state index in [9.17, 15) is 9.59 Å². The topological polar surface area (TPSA) is 34.1 Å². The zero-order valence-electron chi connectivity index (χ0n) is 6.79. The van der Waals surface area contributed by atoms with Crippen molar-refractivity contribution in [3.63, 3.8) is 0 Å². The maximum atomic E-state index is 10.7. The van der Waals surface area contributed by atoms with Crippen molar-refractivity contribution in [2.24, 2.45) is 5.92 Å². The number of ketones is 2. The first kappa shape index (κ1) is 14.0. The Hall–Kier alpha value is 0.418. The first-order chi connectivity index (χ1) is 4.59. The van der Waals surface area contributed by atoms with Gasteiger partial charge in [0.05, 0.1) is 5.92 Å². The third kappa shape index (κ3) is 5.66. The van der Waals surface area contributed by atoms with Crippen molar-refractivity contribution in [2.75, 3.05) is 0 Å². The second-order valence-electron chi connectivity index (χ2n) is 2.30. The molecule has 0 bridgehead atoms. The normalized spacial score (nSPS) is 8.64. The maximum absolute atomic E-state index is 10.7. The summed E-state index contributed by atoms with van der Waals surface area (Å²) < 4.78 is 0. The summed E-state index contributed by atoms with van der Waals surface area (Å²) in [5, 5.41) is 0. The fourth-order valence-electron chi connectivity index (χ4n) is 0.785. The first-order valence-electron chi connectivity index (χ1n) is 3.21. The van der Waals surface area contributed by atoms with Crippen molar-refractivity contribution in [1.82, 2.24) is 0 Å². The van der Waals surface area contributed by atoms with E-state index in [1.54, 1.807) is 6.08 Å². The van der Waals surface area contributed by atoms with Gasteiger partial charge in [-0.15, -0.1) is 6.58 Å². The summed E-state index contributed by atoms with van der Waals surface area (Å²) in [7, 11) is 0. The Bertz CT molecular complexity index is 149. The molecular formula is C8H12O2Sm. The van der Waals surface area contributed by atoms with Crippen LogP contribution in [0.15, 0.2) is 12.7 Å². The predicted molar refractivity (Wildman–Crippen MR) is 39.7 cm³/mol. The van der Waals surface area contributed by atoms with Crippen LogP contribution in [0.3, 0.4) is 0 Å². The Morgan fingerprint density at radius 1 is 1.36 bits per heavy atom. The summed E-state index contributed by atoms with van der Waals surface area (Å²) in [6.07, 6.45) is 2.05. The van der Waals surface area contributed by atoms with Crippen molar-refractivity contribution in [3.05, 3.63) is 12.7 Å². The molecule has 62 valence electrons. The molecule has 0 saturated heterocycles. The van der Waals surface area contributed by atoms with Gasteiger partial charge in [0.25, 0.3) is 0 Å². The van der Waals surface area contributed by atoms with Crippen molar-refractivity contribution < 1.29 is 50.0 Å². The van der Waals surface area contributed by atoms with Gasteiger partial charge in [0.2, 0.25) is 0 Å². The molecule has 0 aromatic carbocycles. The average Bonchev–Trinajstić information content (AvgIpc) is 1.81. The Balaban J connectivity index is 0. The minimum atomic E-state index is -0.461. The Labute approximate surface area is 99.5 Å². The van der Waals surface area contributed by atoms with Crippen molar-refractivity contribution in [3.8, 4) is 0 Å². The van der Waals surface area contributed by atoms with Crippen molar-refractivity contribution in [2.45, 2.75) is 20.3 Å². The van der Waals surface area contributed by atoms with Crippen molar-refractivity contribution >= 4 is 11.6 Å². The predicted octanol–water partition coefficient (Wildman–Crippen LogP) is 1.36. The fraction of sp³-hybridized carbons (Fsp3) is 0.500. The van der Waals surface area contributed by atoms with Gasteiger partial charge in [-0.1, -0.05) is 6.08 Å². The largest absolute Gasteiger partial charge is 0.299 e. The molecule has 0 aliphatic carbocycles. The molecule has 2 nitrogen and oxygen atoms in total. The van der Waals surface area contributed by atoms with Crippen LogP contribution in [0.25, 0.3) is 0 Å². The summed E-state index contributed by atoms with van der Waals surface area (Å²) in [6, 6.07) is 0. The Morgan fingerprint density at radius 2 is 1.73 bits per heavy atom. The maximum Gasteiger partial charge on any atom is 0.140 e. The summed E-state index contributed by atoms with van der Waals surface area (Å²) in [4.78, 5) is 21.4. The monoisotopic (exact) mass is 292 g/mol. The summed E-state index contributed by atoms with van der Waals surface area (Å²) in [5.41, 5.74) is 0. The zero-order valence-corrected chi connectivity index (χ0v) is 9.41. The van der Waals surface area contributed by atoms with Crippen LogP contribution in [0.2, 0.25) is 0 Å². The molecule has 0 amide bonds. The fourth-order valence-corrected chi connectivity index (χ4v) is 0.785. The van der Waals surface area contributed by atoms with Gasteiger partial charge in [0.1, 0.15) is 11.6 Å². The van der Waals surface area contributed by atoms with E-state index >= 15 is 0 Å². The molecular weight excluding hydrogens is 278 g/mol. The second kappa shape index (κ2) is 7.09. The smallest absolute Gasteiger partial charge is 0.140 e. The van der Waals surface area contributed by atoms with Crippen LogP contribution in [-0.4, -0.2) is 11.6 Å². The molecule has 3 heteroatoms. The minimum absolute atomic E-state index is 0. The van der Waals surface area contributed by atoms with E-state index in [1.165, 1.54) is 13.8 Å². The third-order valence-electron chi connectivity index (χ3n) is 1.38. The van der Waals surface area contributed by atoms with Gasteiger partial charge in [-0.3, -0.25) is 9.59 Å². The van der Waals surface area contributed by atoms with Crippen LogP contribution in [0.5, 0.6) is 0 Å². The van der Waals surface area contributed by atoms with E-state index in [1.807, 2.05) is 0 Å². The van der Waals surface area contributed by atoms with E-state index in [2.05, 4.69) is 6.58 Å². The van der Waals surface area contributed by atoms with Gasteiger partial charge in [0, 0.05) is 40.4 Å². The molecule has 0 unspecified atom stereocenters. The van der Waals surface area contributed by atoms with Gasteiger partial charge in [-0.05, 0) is 20.3 Å². The quantitative estimate of drug-likeness (QED) is 0.579. The van der Waals surface area contributed by atoms with Crippen LogP contribution in [0, 0.1) is 46.3 Å². The standard InChI is InChI=1S/C8H12O2.Sm/c1-4-5-8(6(2)9)7(3)10;/h4,8H,1,5H2,2-3H3;. The van der Waals surface area contributed by atoms with Crippen LogP contribution >= 0.6 is 0 Å². The second-order valence-corrected chi connectivity index (χ2v) is 2.30. The number of carbonyl (C=O) groups excluding carboxylic acids is 2. The molecule has 0 heterocycles. The summed E-state index contributed by atoms with van der Waals surface area (Å²) in [5.74, 6) is -0.614. The molecule has 0 fully saturated rings. The van der Waals surface area contributed by atoms with Gasteiger partial charge < -0.3 is 0 Å². The van der Waals surface area contributed by atoms with Crippen LogP contribution in [-0.2, 0) is 9.59 Å². The number of allylic oxidation sites excluding steroid dienone is 1. The van der Waals surface area contributed by atoms with E-state index in [0.717, 1.165) is 0 Å². The summed E-state index contributed by atoms with van der Waals surface area (Å²) >= 11 is 0. The van der Waals surface area contributed by atoms with Crippen LogP contribution < -0.4 is 0 Å². The van der Waals surface area contributed by atoms with E-state index in [4.69, 9.17) is 0 Å². The van der Waals surface area contributed by atoms with Crippen LogP contribution in [0.4, 0.5) is 0 Å². The first-order valence-corrected chi connectivity index (χ1v) is 3.21. The SMILES string of the molecule is C=CCC(C(C)=O)C(C)=O.[Sm]. The third-order valence-corrected chi connectivity index (χ3v) is 1.38. The Morgan fingerprint density at radius 3 is 1.82 bits per heavy atom. The molecule has 0 rings (SSSR count).